The lowest BCUT2D eigenvalue weighted by atomic mass is 9.90. The highest BCUT2D eigenvalue weighted by Crippen LogP contribution is 2.21. The average molecular weight is 339 g/mol. The molecule has 0 saturated heterocycles. The van der Waals surface area contributed by atoms with Crippen molar-refractivity contribution in [3.63, 3.8) is 0 Å². The zero-order valence-electron chi connectivity index (χ0n) is 16.9. The van der Waals surface area contributed by atoms with E-state index in [2.05, 4.69) is 27.7 Å². The molecule has 142 valence electrons. The monoisotopic (exact) mass is 338 g/mol. The van der Waals surface area contributed by atoms with Crippen LogP contribution in [0.15, 0.2) is 0 Å². The number of hydrogen-bond donors (Lipinski definition) is 0. The molecule has 2 unspecified atom stereocenters. The largest absolute Gasteiger partial charge is 0.300 e. The first-order valence-electron chi connectivity index (χ1n) is 10.5. The molecule has 0 spiro atoms. The molecule has 0 aromatic rings. The first-order chi connectivity index (χ1) is 11.5. The van der Waals surface area contributed by atoms with Crippen molar-refractivity contribution < 1.29 is 9.59 Å². The molecule has 0 saturated carbocycles. The summed E-state index contributed by atoms with van der Waals surface area (Å²) < 4.78 is 0. The van der Waals surface area contributed by atoms with E-state index in [1.165, 1.54) is 38.5 Å². The van der Waals surface area contributed by atoms with Crippen LogP contribution >= 0.6 is 0 Å². The van der Waals surface area contributed by atoms with Gasteiger partial charge in [-0.15, -0.1) is 0 Å². The fraction of sp³-hybridized carbons (Fsp3) is 0.909. The molecule has 0 bridgehead atoms. The minimum Gasteiger partial charge on any atom is -0.300 e. The molecule has 0 N–H and O–H groups in total. The van der Waals surface area contributed by atoms with Crippen LogP contribution in [0.25, 0.3) is 0 Å². The van der Waals surface area contributed by atoms with Crippen molar-refractivity contribution in [1.82, 2.24) is 0 Å². The van der Waals surface area contributed by atoms with Gasteiger partial charge >= 0.3 is 0 Å². The maximum atomic E-state index is 11.8. The number of Topliss-reactive ketones (excluding diaryl/α,β-unsaturated/α-hetero) is 2. The van der Waals surface area contributed by atoms with Gasteiger partial charge in [0.25, 0.3) is 0 Å². The van der Waals surface area contributed by atoms with Gasteiger partial charge in [0.15, 0.2) is 0 Å². The highest BCUT2D eigenvalue weighted by molar-refractivity contribution is 5.81. The summed E-state index contributed by atoms with van der Waals surface area (Å²) in [6, 6.07) is 0. The second-order valence-electron chi connectivity index (χ2n) is 7.87. The number of hydrogen-bond acceptors (Lipinski definition) is 2. The maximum absolute atomic E-state index is 11.8. The third-order valence-electron chi connectivity index (χ3n) is 4.96. The van der Waals surface area contributed by atoms with Crippen molar-refractivity contribution >= 4 is 11.6 Å². The Morgan fingerprint density at radius 3 is 1.75 bits per heavy atom. The van der Waals surface area contributed by atoms with Gasteiger partial charge in [-0.2, -0.15) is 0 Å². The Morgan fingerprint density at radius 2 is 1.17 bits per heavy atom. The van der Waals surface area contributed by atoms with Crippen LogP contribution in [0, 0.1) is 11.8 Å². The Balaban J connectivity index is 3.50. The van der Waals surface area contributed by atoms with Crippen molar-refractivity contribution in [3.05, 3.63) is 0 Å². The molecule has 0 amide bonds. The van der Waals surface area contributed by atoms with Crippen LogP contribution < -0.4 is 0 Å². The van der Waals surface area contributed by atoms with Crippen LogP contribution in [-0.2, 0) is 9.59 Å². The molecule has 0 aromatic carbocycles. The van der Waals surface area contributed by atoms with Gasteiger partial charge in [0.2, 0.25) is 0 Å². The van der Waals surface area contributed by atoms with Crippen LogP contribution in [-0.4, -0.2) is 11.6 Å². The predicted octanol–water partition coefficient (Wildman–Crippen LogP) is 6.90. The zero-order valence-corrected chi connectivity index (χ0v) is 16.9. The molecule has 0 rings (SSSR count). The maximum Gasteiger partial charge on any atom is 0.132 e. The van der Waals surface area contributed by atoms with Crippen LogP contribution in [0.3, 0.4) is 0 Å². The Labute approximate surface area is 151 Å². The average Bonchev–Trinajstić information content (AvgIpc) is 2.52. The molecular formula is C22H42O2. The van der Waals surface area contributed by atoms with E-state index in [-0.39, 0.29) is 0 Å². The molecule has 0 aliphatic heterocycles. The van der Waals surface area contributed by atoms with Crippen molar-refractivity contribution in [2.24, 2.45) is 11.8 Å². The van der Waals surface area contributed by atoms with Crippen molar-refractivity contribution in [2.75, 3.05) is 0 Å². The van der Waals surface area contributed by atoms with Crippen molar-refractivity contribution in [2.45, 2.75) is 118 Å². The van der Waals surface area contributed by atoms with Gasteiger partial charge in [0.05, 0.1) is 0 Å². The predicted molar refractivity (Wildman–Crippen MR) is 104 cm³/mol. The van der Waals surface area contributed by atoms with Gasteiger partial charge in [-0.05, 0) is 37.5 Å². The van der Waals surface area contributed by atoms with Crippen LogP contribution in [0.1, 0.15) is 118 Å². The van der Waals surface area contributed by atoms with Crippen molar-refractivity contribution in [3.8, 4) is 0 Å². The van der Waals surface area contributed by atoms with Gasteiger partial charge < -0.3 is 0 Å². The highest BCUT2D eigenvalue weighted by Gasteiger charge is 2.09. The molecule has 2 heteroatoms. The minimum absolute atomic E-state index is 0.330. The fourth-order valence-electron chi connectivity index (χ4n) is 3.51. The summed E-state index contributed by atoms with van der Waals surface area (Å²) in [5.74, 6) is 2.35. The van der Waals surface area contributed by atoms with Crippen LogP contribution in [0.5, 0.6) is 0 Å². The molecule has 0 aromatic heterocycles. The van der Waals surface area contributed by atoms with Gasteiger partial charge in [-0.1, -0.05) is 66.2 Å². The standard InChI is InChI=1S/C22H42O2/c1-5-7-14-21(23)16-11-17-22(24)15-10-8-9-13-20(4)18-19(3)12-6-2/h19-20H,5-18H2,1-4H3. The number of unbranched alkanes of at least 4 members (excludes halogenated alkanes) is 3. The Bertz CT molecular complexity index is 322. The summed E-state index contributed by atoms with van der Waals surface area (Å²) in [5.41, 5.74) is 0. The SMILES string of the molecule is CCCCC(=O)CCCC(=O)CCCCCC(C)CC(C)CCC. The van der Waals surface area contributed by atoms with Crippen LogP contribution in [0.2, 0.25) is 0 Å². The second kappa shape index (κ2) is 15.8. The number of ketones is 2. The highest BCUT2D eigenvalue weighted by atomic mass is 16.1. The summed E-state index contributed by atoms with van der Waals surface area (Å²) in [6.07, 6.45) is 14.2. The Hall–Kier alpha value is -0.660. The lowest BCUT2D eigenvalue weighted by Gasteiger charge is -2.16. The summed E-state index contributed by atoms with van der Waals surface area (Å²) in [7, 11) is 0. The molecule has 0 aliphatic carbocycles. The normalized spacial score (nSPS) is 13.7. The van der Waals surface area contributed by atoms with E-state index in [9.17, 15) is 9.59 Å². The van der Waals surface area contributed by atoms with E-state index >= 15 is 0 Å². The lowest BCUT2D eigenvalue weighted by molar-refractivity contribution is -0.120. The lowest BCUT2D eigenvalue weighted by Crippen LogP contribution is -2.04. The van der Waals surface area contributed by atoms with E-state index in [4.69, 9.17) is 0 Å². The summed E-state index contributed by atoms with van der Waals surface area (Å²) in [4.78, 5) is 23.4. The van der Waals surface area contributed by atoms with E-state index in [0.29, 0.717) is 37.2 Å². The molecule has 0 heterocycles. The van der Waals surface area contributed by atoms with E-state index < -0.39 is 0 Å². The smallest absolute Gasteiger partial charge is 0.132 e. The molecule has 2 atom stereocenters. The second-order valence-corrected chi connectivity index (χ2v) is 7.87. The molecule has 2 nitrogen and oxygen atoms in total. The summed E-state index contributed by atoms with van der Waals surface area (Å²) in [6.45, 7) is 9.10. The minimum atomic E-state index is 0.330. The number of rotatable bonds is 17. The third kappa shape index (κ3) is 14.9. The zero-order chi connectivity index (χ0) is 18.2. The first kappa shape index (κ1) is 23.3. The summed E-state index contributed by atoms with van der Waals surface area (Å²) >= 11 is 0. The van der Waals surface area contributed by atoms with E-state index in [1.807, 2.05) is 0 Å². The van der Waals surface area contributed by atoms with E-state index in [0.717, 1.165) is 37.5 Å². The summed E-state index contributed by atoms with van der Waals surface area (Å²) in [5, 5.41) is 0. The van der Waals surface area contributed by atoms with Crippen molar-refractivity contribution in [1.29, 1.82) is 0 Å². The van der Waals surface area contributed by atoms with E-state index in [1.54, 1.807) is 0 Å². The number of carbonyl (C=O) groups is 2. The van der Waals surface area contributed by atoms with Gasteiger partial charge in [-0.25, -0.2) is 0 Å². The molecule has 24 heavy (non-hydrogen) atoms. The van der Waals surface area contributed by atoms with Gasteiger partial charge in [0, 0.05) is 25.7 Å². The molecule has 0 radical (unpaired) electrons. The van der Waals surface area contributed by atoms with Crippen LogP contribution in [0.4, 0.5) is 0 Å². The number of carbonyl (C=O) groups excluding carboxylic acids is 2. The topological polar surface area (TPSA) is 34.1 Å². The Kier molecular flexibility index (Phi) is 15.4. The third-order valence-corrected chi connectivity index (χ3v) is 4.96. The molecular weight excluding hydrogens is 296 g/mol. The quantitative estimate of drug-likeness (QED) is 0.270. The molecule has 0 aliphatic rings. The fourth-order valence-corrected chi connectivity index (χ4v) is 3.51. The Morgan fingerprint density at radius 1 is 0.625 bits per heavy atom. The molecule has 0 fully saturated rings. The first-order valence-corrected chi connectivity index (χ1v) is 10.5. The van der Waals surface area contributed by atoms with Gasteiger partial charge in [-0.3, -0.25) is 9.59 Å². The van der Waals surface area contributed by atoms with Gasteiger partial charge in [0.1, 0.15) is 11.6 Å².